The molecule has 4 N–H and O–H groups in total. The van der Waals surface area contributed by atoms with Crippen LogP contribution in [0.3, 0.4) is 0 Å². The summed E-state index contributed by atoms with van der Waals surface area (Å²) in [5.41, 5.74) is 6.09. The van der Waals surface area contributed by atoms with Gasteiger partial charge in [0.1, 0.15) is 0 Å². The zero-order valence-electron chi connectivity index (χ0n) is 10.3. The number of nitrogens with two attached hydrogens (primary N) is 1. The largest absolute Gasteiger partial charge is 0.366 e. The van der Waals surface area contributed by atoms with Crippen LogP contribution in [0.25, 0.3) is 0 Å². The van der Waals surface area contributed by atoms with Crippen LogP contribution in [0.4, 0.5) is 5.69 Å². The quantitative estimate of drug-likeness (QED) is 0.736. The summed E-state index contributed by atoms with van der Waals surface area (Å²) in [6.45, 7) is 2.83. The molecule has 0 aromatic heterocycles. The van der Waals surface area contributed by atoms with Crippen molar-refractivity contribution in [1.29, 1.82) is 0 Å². The predicted octanol–water partition coefficient (Wildman–Crippen LogP) is 0.722. The molecular formula is C13H17N3O2. The molecule has 2 rings (SSSR count). The van der Waals surface area contributed by atoms with Gasteiger partial charge in [-0.2, -0.15) is 0 Å². The highest BCUT2D eigenvalue weighted by molar-refractivity contribution is 6.03. The molecule has 2 atom stereocenters. The van der Waals surface area contributed by atoms with Gasteiger partial charge in [-0.15, -0.1) is 0 Å². The highest BCUT2D eigenvalue weighted by Crippen LogP contribution is 2.20. The second-order valence-electron chi connectivity index (χ2n) is 4.54. The number of rotatable bonds is 3. The van der Waals surface area contributed by atoms with Gasteiger partial charge in [0.2, 0.25) is 5.91 Å². The van der Waals surface area contributed by atoms with Gasteiger partial charge in [-0.3, -0.25) is 9.59 Å². The van der Waals surface area contributed by atoms with E-state index in [1.807, 2.05) is 6.92 Å². The molecule has 1 aromatic rings. The van der Waals surface area contributed by atoms with Crippen LogP contribution in [-0.4, -0.2) is 24.4 Å². The highest BCUT2D eigenvalue weighted by Gasteiger charge is 2.29. The van der Waals surface area contributed by atoms with Crippen LogP contribution in [0, 0.1) is 5.92 Å². The van der Waals surface area contributed by atoms with Gasteiger partial charge in [0.05, 0.1) is 17.2 Å². The van der Waals surface area contributed by atoms with Gasteiger partial charge in [0, 0.05) is 6.04 Å². The number of primary amides is 1. The molecule has 0 aliphatic carbocycles. The van der Waals surface area contributed by atoms with E-state index >= 15 is 0 Å². The first-order valence-electron chi connectivity index (χ1n) is 6.02. The molecule has 0 radical (unpaired) electrons. The van der Waals surface area contributed by atoms with Gasteiger partial charge in [0.15, 0.2) is 0 Å². The Kier molecular flexibility index (Phi) is 3.62. The van der Waals surface area contributed by atoms with E-state index in [0.717, 1.165) is 13.0 Å². The standard InChI is InChI=1S/C13H17N3O2/c1-8-9(6-7-15-8)13(18)16-11-5-3-2-4-10(11)12(14)17/h2-5,8-9,15H,6-7H2,1H3,(H2,14,17)(H,16,18). The summed E-state index contributed by atoms with van der Waals surface area (Å²) in [4.78, 5) is 23.3. The maximum atomic E-state index is 12.1. The van der Waals surface area contributed by atoms with E-state index in [1.165, 1.54) is 0 Å². The molecule has 0 bridgehead atoms. The van der Waals surface area contributed by atoms with Crippen molar-refractivity contribution in [2.75, 3.05) is 11.9 Å². The Labute approximate surface area is 106 Å². The van der Waals surface area contributed by atoms with Crippen LogP contribution in [0.5, 0.6) is 0 Å². The average molecular weight is 247 g/mol. The van der Waals surface area contributed by atoms with Crippen molar-refractivity contribution in [3.05, 3.63) is 29.8 Å². The molecule has 96 valence electrons. The van der Waals surface area contributed by atoms with E-state index in [-0.39, 0.29) is 17.9 Å². The lowest BCUT2D eigenvalue weighted by Crippen LogP contribution is -2.32. The van der Waals surface area contributed by atoms with Crippen molar-refractivity contribution >= 4 is 17.5 Å². The molecule has 18 heavy (non-hydrogen) atoms. The number of carbonyl (C=O) groups is 2. The summed E-state index contributed by atoms with van der Waals surface area (Å²) in [6, 6.07) is 6.93. The second-order valence-corrected chi connectivity index (χ2v) is 4.54. The van der Waals surface area contributed by atoms with Crippen LogP contribution >= 0.6 is 0 Å². The van der Waals surface area contributed by atoms with Gasteiger partial charge in [-0.1, -0.05) is 12.1 Å². The van der Waals surface area contributed by atoms with Gasteiger partial charge >= 0.3 is 0 Å². The van der Waals surface area contributed by atoms with E-state index in [2.05, 4.69) is 10.6 Å². The summed E-state index contributed by atoms with van der Waals surface area (Å²) < 4.78 is 0. The zero-order chi connectivity index (χ0) is 13.1. The van der Waals surface area contributed by atoms with Crippen molar-refractivity contribution in [3.8, 4) is 0 Å². The van der Waals surface area contributed by atoms with Gasteiger partial charge in [-0.25, -0.2) is 0 Å². The summed E-state index contributed by atoms with van der Waals surface area (Å²) in [6.07, 6.45) is 0.811. The van der Waals surface area contributed by atoms with Gasteiger partial charge < -0.3 is 16.4 Å². The van der Waals surface area contributed by atoms with E-state index in [4.69, 9.17) is 5.73 Å². The Morgan fingerprint density at radius 2 is 2.11 bits per heavy atom. The lowest BCUT2D eigenvalue weighted by atomic mass is 10.0. The number of amides is 2. The number of hydrogen-bond acceptors (Lipinski definition) is 3. The molecule has 1 aromatic carbocycles. The molecule has 1 heterocycles. The Morgan fingerprint density at radius 3 is 2.72 bits per heavy atom. The predicted molar refractivity (Wildman–Crippen MR) is 69.2 cm³/mol. The van der Waals surface area contributed by atoms with Crippen molar-refractivity contribution in [2.24, 2.45) is 11.7 Å². The SMILES string of the molecule is CC1NCCC1C(=O)Nc1ccccc1C(N)=O. The fraction of sp³-hybridized carbons (Fsp3) is 0.385. The van der Waals surface area contributed by atoms with E-state index in [0.29, 0.717) is 11.3 Å². The van der Waals surface area contributed by atoms with E-state index in [9.17, 15) is 9.59 Å². The molecule has 0 spiro atoms. The zero-order valence-corrected chi connectivity index (χ0v) is 10.3. The fourth-order valence-electron chi connectivity index (χ4n) is 2.25. The molecule has 5 nitrogen and oxygen atoms in total. The van der Waals surface area contributed by atoms with Crippen LogP contribution in [-0.2, 0) is 4.79 Å². The number of carbonyl (C=O) groups excluding carboxylic acids is 2. The number of nitrogens with one attached hydrogen (secondary N) is 2. The van der Waals surface area contributed by atoms with Gasteiger partial charge in [-0.05, 0) is 32.0 Å². The minimum atomic E-state index is -0.538. The van der Waals surface area contributed by atoms with Crippen molar-refractivity contribution in [2.45, 2.75) is 19.4 Å². The van der Waals surface area contributed by atoms with Crippen LogP contribution in [0.15, 0.2) is 24.3 Å². The topological polar surface area (TPSA) is 84.2 Å². The monoisotopic (exact) mass is 247 g/mol. The number of anilines is 1. The summed E-state index contributed by atoms with van der Waals surface area (Å²) >= 11 is 0. The number of benzene rings is 1. The van der Waals surface area contributed by atoms with Crippen LogP contribution < -0.4 is 16.4 Å². The minimum Gasteiger partial charge on any atom is -0.366 e. The van der Waals surface area contributed by atoms with E-state index < -0.39 is 5.91 Å². The van der Waals surface area contributed by atoms with Crippen molar-refractivity contribution in [3.63, 3.8) is 0 Å². The normalized spacial score (nSPS) is 22.7. The smallest absolute Gasteiger partial charge is 0.250 e. The van der Waals surface area contributed by atoms with Gasteiger partial charge in [0.25, 0.3) is 5.91 Å². The number of hydrogen-bond donors (Lipinski definition) is 3. The summed E-state index contributed by atoms with van der Waals surface area (Å²) in [5, 5.41) is 6.01. The third kappa shape index (κ3) is 2.51. The average Bonchev–Trinajstić information content (AvgIpc) is 2.76. The summed E-state index contributed by atoms with van der Waals surface area (Å²) in [5.74, 6) is -0.671. The molecule has 1 fully saturated rings. The maximum absolute atomic E-state index is 12.1. The fourth-order valence-corrected chi connectivity index (χ4v) is 2.25. The Bertz CT molecular complexity index is 473. The molecule has 2 unspecified atom stereocenters. The second kappa shape index (κ2) is 5.18. The molecule has 1 saturated heterocycles. The molecule has 2 amide bonds. The molecule has 1 aliphatic rings. The Morgan fingerprint density at radius 1 is 1.39 bits per heavy atom. The molecule has 0 saturated carbocycles. The minimum absolute atomic E-state index is 0.0640. The Balaban J connectivity index is 2.14. The highest BCUT2D eigenvalue weighted by atomic mass is 16.2. The maximum Gasteiger partial charge on any atom is 0.250 e. The van der Waals surface area contributed by atoms with Crippen molar-refractivity contribution < 1.29 is 9.59 Å². The first-order chi connectivity index (χ1) is 8.59. The third-order valence-corrected chi connectivity index (χ3v) is 3.31. The molecule has 1 aliphatic heterocycles. The van der Waals surface area contributed by atoms with Crippen LogP contribution in [0.1, 0.15) is 23.7 Å². The molecule has 5 heteroatoms. The molecular weight excluding hydrogens is 230 g/mol. The number of para-hydroxylation sites is 1. The lowest BCUT2D eigenvalue weighted by Gasteiger charge is -2.16. The van der Waals surface area contributed by atoms with Crippen LogP contribution in [0.2, 0.25) is 0 Å². The Hall–Kier alpha value is -1.88. The summed E-state index contributed by atoms with van der Waals surface area (Å²) in [7, 11) is 0. The first kappa shape index (κ1) is 12.6. The first-order valence-corrected chi connectivity index (χ1v) is 6.02. The lowest BCUT2D eigenvalue weighted by molar-refractivity contribution is -0.120. The van der Waals surface area contributed by atoms with E-state index in [1.54, 1.807) is 24.3 Å². The third-order valence-electron chi connectivity index (χ3n) is 3.31. The van der Waals surface area contributed by atoms with Crippen molar-refractivity contribution in [1.82, 2.24) is 5.32 Å².